The zero-order valence-electron chi connectivity index (χ0n) is 13.6. The van der Waals surface area contributed by atoms with E-state index in [2.05, 4.69) is 16.0 Å². The van der Waals surface area contributed by atoms with Crippen LogP contribution in [0.5, 0.6) is 5.75 Å². The van der Waals surface area contributed by atoms with Gasteiger partial charge in [-0.2, -0.15) is 0 Å². The summed E-state index contributed by atoms with van der Waals surface area (Å²) in [5.74, 6) is 0.171. The van der Waals surface area contributed by atoms with Crippen LogP contribution in [0, 0.1) is 0 Å². The van der Waals surface area contributed by atoms with Crippen LogP contribution in [0.2, 0.25) is 5.02 Å². The van der Waals surface area contributed by atoms with Gasteiger partial charge in [-0.15, -0.1) is 0 Å². The summed E-state index contributed by atoms with van der Waals surface area (Å²) < 4.78 is 5.21. The molecule has 130 valence electrons. The third-order valence-corrected chi connectivity index (χ3v) is 4.89. The molecule has 1 saturated carbocycles. The highest BCUT2D eigenvalue weighted by molar-refractivity contribution is 6.31. The summed E-state index contributed by atoms with van der Waals surface area (Å²) in [5, 5.41) is 9.65. The molecule has 2 aliphatic rings. The molecule has 0 spiro atoms. The summed E-state index contributed by atoms with van der Waals surface area (Å²) in [6.45, 7) is 0. The van der Waals surface area contributed by atoms with E-state index >= 15 is 0 Å². The van der Waals surface area contributed by atoms with Crippen LogP contribution < -0.4 is 20.7 Å². The Labute approximate surface area is 146 Å². The van der Waals surface area contributed by atoms with Crippen LogP contribution in [0.3, 0.4) is 0 Å². The first-order valence-corrected chi connectivity index (χ1v) is 8.64. The molecule has 2 amide bonds. The number of nitrogens with one attached hydrogen (secondary N) is 3. The van der Waals surface area contributed by atoms with Crippen LogP contribution in [0.4, 0.5) is 5.69 Å². The Morgan fingerprint density at radius 3 is 2.83 bits per heavy atom. The normalized spacial score (nSPS) is 26.2. The number of halogens is 1. The highest BCUT2D eigenvalue weighted by atomic mass is 35.5. The Bertz CT molecular complexity index is 638. The Balaban J connectivity index is 1.62. The second-order valence-corrected chi connectivity index (χ2v) is 6.76. The first-order chi connectivity index (χ1) is 11.6. The van der Waals surface area contributed by atoms with Gasteiger partial charge in [-0.05, 0) is 31.0 Å². The monoisotopic (exact) mass is 351 g/mol. The van der Waals surface area contributed by atoms with Crippen molar-refractivity contribution in [2.24, 2.45) is 0 Å². The Morgan fingerprint density at radius 2 is 2.08 bits per heavy atom. The van der Waals surface area contributed by atoms with Crippen LogP contribution >= 0.6 is 11.6 Å². The molecule has 1 aromatic carbocycles. The van der Waals surface area contributed by atoms with Gasteiger partial charge >= 0.3 is 0 Å². The largest absolute Gasteiger partial charge is 0.495 e. The van der Waals surface area contributed by atoms with Gasteiger partial charge in [0.2, 0.25) is 11.8 Å². The smallest absolute Gasteiger partial charge is 0.237 e. The number of rotatable bonds is 4. The first-order valence-electron chi connectivity index (χ1n) is 8.26. The van der Waals surface area contributed by atoms with Gasteiger partial charge in [0.15, 0.2) is 0 Å². The van der Waals surface area contributed by atoms with Gasteiger partial charge in [-0.1, -0.05) is 24.4 Å². The van der Waals surface area contributed by atoms with E-state index in [1.807, 2.05) is 0 Å². The number of hydrogen-bond acceptors (Lipinski definition) is 4. The Kier molecular flexibility index (Phi) is 5.26. The molecule has 2 fully saturated rings. The number of fused-ring (bicyclic) bond motifs is 1. The standard InChI is InChI=1S/C17H22ClN3O3/c1-24-15-7-6-10(18)8-13(15)20-16(22)9-14-17(23)21-12-5-3-2-4-11(12)19-14/h6-8,11-12,14,19H,2-5,9H2,1H3,(H,20,22)(H,21,23)/t11-,12-,14-/m0/s1. The predicted molar refractivity (Wildman–Crippen MR) is 92.4 cm³/mol. The minimum absolute atomic E-state index is 0.0741. The first kappa shape index (κ1) is 17.0. The summed E-state index contributed by atoms with van der Waals surface area (Å²) in [4.78, 5) is 24.6. The molecule has 1 aromatic rings. The lowest BCUT2D eigenvalue weighted by Gasteiger charge is -2.40. The molecule has 1 saturated heterocycles. The molecule has 3 atom stereocenters. The number of hydrogen-bond donors (Lipinski definition) is 3. The van der Waals surface area contributed by atoms with Crippen LogP contribution in [-0.2, 0) is 9.59 Å². The van der Waals surface area contributed by atoms with E-state index < -0.39 is 6.04 Å². The molecule has 7 heteroatoms. The predicted octanol–water partition coefficient (Wildman–Crippen LogP) is 2.08. The van der Waals surface area contributed by atoms with Gasteiger partial charge in [-0.3, -0.25) is 9.59 Å². The molecule has 0 radical (unpaired) electrons. The van der Waals surface area contributed by atoms with E-state index in [0.717, 1.165) is 25.7 Å². The summed E-state index contributed by atoms with van der Waals surface area (Å²) >= 11 is 5.97. The topological polar surface area (TPSA) is 79.5 Å². The van der Waals surface area contributed by atoms with Crippen LogP contribution in [0.15, 0.2) is 18.2 Å². The SMILES string of the molecule is COc1ccc(Cl)cc1NC(=O)C[C@@H]1N[C@H]2CCCC[C@@H]2NC1=O. The lowest BCUT2D eigenvalue weighted by Crippen LogP contribution is -2.65. The van der Waals surface area contributed by atoms with Gasteiger partial charge in [0.1, 0.15) is 5.75 Å². The molecule has 1 aliphatic heterocycles. The molecule has 1 aliphatic carbocycles. The van der Waals surface area contributed by atoms with E-state index in [1.165, 1.54) is 7.11 Å². The van der Waals surface area contributed by atoms with E-state index in [1.54, 1.807) is 18.2 Å². The molecule has 6 nitrogen and oxygen atoms in total. The van der Waals surface area contributed by atoms with Crippen molar-refractivity contribution >= 4 is 29.1 Å². The molecule has 1 heterocycles. The molecule has 3 rings (SSSR count). The van der Waals surface area contributed by atoms with Gasteiger partial charge < -0.3 is 20.7 Å². The molecular weight excluding hydrogens is 330 g/mol. The highest BCUT2D eigenvalue weighted by Crippen LogP contribution is 2.28. The van der Waals surface area contributed by atoms with Gasteiger partial charge in [0.25, 0.3) is 0 Å². The minimum atomic E-state index is -0.505. The van der Waals surface area contributed by atoms with Gasteiger partial charge in [-0.25, -0.2) is 0 Å². The lowest BCUT2D eigenvalue weighted by atomic mass is 9.87. The van der Waals surface area contributed by atoms with Gasteiger partial charge in [0, 0.05) is 17.1 Å². The van der Waals surface area contributed by atoms with Crippen molar-refractivity contribution in [3.63, 3.8) is 0 Å². The van der Waals surface area contributed by atoms with E-state index in [0.29, 0.717) is 16.5 Å². The zero-order chi connectivity index (χ0) is 17.1. The summed E-state index contributed by atoms with van der Waals surface area (Å²) in [6, 6.07) is 4.96. The van der Waals surface area contributed by atoms with Crippen LogP contribution in [0.25, 0.3) is 0 Å². The molecule has 0 unspecified atom stereocenters. The number of piperazine rings is 1. The maximum Gasteiger partial charge on any atom is 0.237 e. The van der Waals surface area contributed by atoms with Crippen molar-refractivity contribution in [2.45, 2.75) is 50.2 Å². The lowest BCUT2D eigenvalue weighted by molar-refractivity contribution is -0.129. The second kappa shape index (κ2) is 7.40. The molecule has 24 heavy (non-hydrogen) atoms. The number of methoxy groups -OCH3 is 1. The van der Waals surface area contributed by atoms with Crippen molar-refractivity contribution in [1.29, 1.82) is 0 Å². The number of amides is 2. The average molecular weight is 352 g/mol. The number of carbonyl (C=O) groups excluding carboxylic acids is 2. The number of anilines is 1. The van der Waals surface area contributed by atoms with Gasteiger partial charge in [0.05, 0.1) is 25.3 Å². The third kappa shape index (κ3) is 3.82. The summed E-state index contributed by atoms with van der Waals surface area (Å²) in [6.07, 6.45) is 4.41. The third-order valence-electron chi connectivity index (χ3n) is 4.65. The fraction of sp³-hybridized carbons (Fsp3) is 0.529. The maximum atomic E-state index is 12.3. The number of benzene rings is 1. The molecule has 3 N–H and O–H groups in total. The fourth-order valence-electron chi connectivity index (χ4n) is 3.44. The maximum absolute atomic E-state index is 12.3. The number of carbonyl (C=O) groups is 2. The quantitative estimate of drug-likeness (QED) is 0.776. The van der Waals surface area contributed by atoms with E-state index in [4.69, 9.17) is 16.3 Å². The van der Waals surface area contributed by atoms with Crippen molar-refractivity contribution in [3.05, 3.63) is 23.2 Å². The van der Waals surface area contributed by atoms with E-state index in [-0.39, 0.29) is 30.3 Å². The summed E-state index contributed by atoms with van der Waals surface area (Å²) in [7, 11) is 1.53. The summed E-state index contributed by atoms with van der Waals surface area (Å²) in [5.41, 5.74) is 0.502. The Hall–Kier alpha value is -1.79. The number of ether oxygens (including phenoxy) is 1. The van der Waals surface area contributed by atoms with Crippen molar-refractivity contribution in [1.82, 2.24) is 10.6 Å². The van der Waals surface area contributed by atoms with Crippen molar-refractivity contribution in [3.8, 4) is 5.75 Å². The molecule has 0 bridgehead atoms. The molecular formula is C17H22ClN3O3. The van der Waals surface area contributed by atoms with Crippen LogP contribution in [0.1, 0.15) is 32.1 Å². The highest BCUT2D eigenvalue weighted by Gasteiger charge is 2.37. The second-order valence-electron chi connectivity index (χ2n) is 6.32. The van der Waals surface area contributed by atoms with E-state index in [9.17, 15) is 9.59 Å². The fourth-order valence-corrected chi connectivity index (χ4v) is 3.61. The van der Waals surface area contributed by atoms with Crippen LogP contribution in [-0.4, -0.2) is 37.0 Å². The minimum Gasteiger partial charge on any atom is -0.495 e. The molecule has 0 aromatic heterocycles. The zero-order valence-corrected chi connectivity index (χ0v) is 14.4. The Morgan fingerprint density at radius 1 is 1.33 bits per heavy atom. The van der Waals surface area contributed by atoms with Crippen molar-refractivity contribution in [2.75, 3.05) is 12.4 Å². The average Bonchev–Trinajstić information content (AvgIpc) is 2.55. The van der Waals surface area contributed by atoms with Crippen molar-refractivity contribution < 1.29 is 14.3 Å².